The summed E-state index contributed by atoms with van der Waals surface area (Å²) in [6, 6.07) is 9.87. The van der Waals surface area contributed by atoms with Gasteiger partial charge in [-0.05, 0) is 45.2 Å². The lowest BCUT2D eigenvalue weighted by molar-refractivity contribution is -0.141. The van der Waals surface area contributed by atoms with Gasteiger partial charge < -0.3 is 62.1 Å². The van der Waals surface area contributed by atoms with Crippen molar-refractivity contribution >= 4 is 47.5 Å². The Labute approximate surface area is 432 Å². The molecule has 0 spiro atoms. The van der Waals surface area contributed by atoms with Crippen molar-refractivity contribution in [3.8, 4) is 28.7 Å². The molecule has 0 bridgehead atoms. The first-order valence-electron chi connectivity index (χ1n) is 24.9. The van der Waals surface area contributed by atoms with Crippen LogP contribution in [-0.2, 0) is 46.5 Å². The fourth-order valence-corrected chi connectivity index (χ4v) is 8.84. The molecule has 74 heavy (non-hydrogen) atoms. The molecule has 0 unspecified atom stereocenters. The van der Waals surface area contributed by atoms with Gasteiger partial charge in [-0.1, -0.05) is 23.3 Å². The third-order valence-corrected chi connectivity index (χ3v) is 12.9. The highest BCUT2D eigenvalue weighted by atomic mass is 16.6. The maximum Gasteiger partial charge on any atom is 0.305 e. The van der Waals surface area contributed by atoms with Gasteiger partial charge in [-0.2, -0.15) is 0 Å². The minimum atomic E-state index is -0.372. The number of nitrogens with zero attached hydrogens (tertiary/aromatic N) is 6. The molecule has 2 aromatic carbocycles. The van der Waals surface area contributed by atoms with Crippen LogP contribution in [0.2, 0.25) is 0 Å². The molecule has 3 aromatic rings. The smallest absolute Gasteiger partial charge is 0.305 e. The number of hydrogen-bond donors (Lipinski definition) is 0. The first-order valence-corrected chi connectivity index (χ1v) is 24.9. The zero-order valence-electron chi connectivity index (χ0n) is 43.3. The first-order chi connectivity index (χ1) is 36.0. The van der Waals surface area contributed by atoms with Crippen molar-refractivity contribution in [3.63, 3.8) is 0 Å². The van der Waals surface area contributed by atoms with Crippen molar-refractivity contribution in [2.75, 3.05) is 107 Å². The van der Waals surface area contributed by atoms with Gasteiger partial charge in [0.1, 0.15) is 25.6 Å². The van der Waals surface area contributed by atoms with E-state index < -0.39 is 0 Å². The predicted octanol–water partition coefficient (Wildman–Crippen LogP) is 6.26. The van der Waals surface area contributed by atoms with E-state index in [2.05, 4.69) is 0 Å². The molecule has 2 saturated heterocycles. The number of hydrogen-bond acceptors (Lipinski definition) is 17. The molecule has 3 amide bonds. The molecular formula is C54H68N6O14. The van der Waals surface area contributed by atoms with Crippen LogP contribution in [0.15, 0.2) is 69.7 Å². The number of ether oxygens (including phenoxy) is 10. The van der Waals surface area contributed by atoms with Crippen LogP contribution in [0.1, 0.15) is 78.1 Å². The fourth-order valence-electron chi connectivity index (χ4n) is 8.84. The largest absolute Gasteiger partial charge is 0.493 e. The van der Waals surface area contributed by atoms with Crippen molar-refractivity contribution in [3.05, 3.63) is 82.2 Å². The standard InChI is InChI=1S/C54H68N6O14/c1-7-36-22-40-30-55-45-28-49(47(66-4)26-43(45)53(63)59(40)32-36)73-34-38-24-42(72-15-13-58(12-9-10-52(62)68-6)51(61)11-14-69-18-19-71-21-20-70-17-16-65-3)25-39(57-38)35-74-50-29-46-44(27-48(50)67-5)54(64)60-33-37(8-2)23-41(60)31-56-46/h7-8,24-31,40-41H,9-23,32-35H2,1-6H3/b36-7+,37-8+/t40-,41-/m0/s1. The maximum absolute atomic E-state index is 13.8. The van der Waals surface area contributed by atoms with E-state index in [1.165, 1.54) is 32.5 Å². The lowest BCUT2D eigenvalue weighted by Gasteiger charge is -2.23. The van der Waals surface area contributed by atoms with Gasteiger partial charge in [-0.3, -0.25) is 34.1 Å². The molecular weight excluding hydrogens is 957 g/mol. The quantitative estimate of drug-likeness (QED) is 0.0447. The molecule has 4 aliphatic heterocycles. The highest BCUT2D eigenvalue weighted by Crippen LogP contribution is 2.41. The molecule has 4 aliphatic rings. The van der Waals surface area contributed by atoms with Gasteiger partial charge in [0, 0.05) is 69.9 Å². The van der Waals surface area contributed by atoms with Crippen LogP contribution in [0.5, 0.6) is 28.7 Å². The number of aliphatic imine (C=N–C) groups is 2. The molecule has 398 valence electrons. The van der Waals surface area contributed by atoms with E-state index in [1.807, 2.05) is 35.8 Å². The summed E-state index contributed by atoms with van der Waals surface area (Å²) < 4.78 is 57.0. The second-order valence-electron chi connectivity index (χ2n) is 17.8. The van der Waals surface area contributed by atoms with Crippen molar-refractivity contribution in [2.24, 2.45) is 9.98 Å². The summed E-state index contributed by atoms with van der Waals surface area (Å²) in [6.07, 6.45) is 9.79. The minimum Gasteiger partial charge on any atom is -0.493 e. The number of aromatic nitrogens is 1. The Bertz CT molecular complexity index is 2450. The zero-order valence-corrected chi connectivity index (χ0v) is 43.3. The van der Waals surface area contributed by atoms with Crippen LogP contribution in [0, 0.1) is 0 Å². The van der Waals surface area contributed by atoms with Crippen molar-refractivity contribution in [2.45, 2.75) is 71.2 Å². The predicted molar refractivity (Wildman–Crippen MR) is 274 cm³/mol. The fraction of sp³-hybridized carbons (Fsp3) is 0.500. The second-order valence-corrected chi connectivity index (χ2v) is 17.8. The van der Waals surface area contributed by atoms with E-state index in [4.69, 9.17) is 62.3 Å². The number of amides is 3. The molecule has 2 fully saturated rings. The van der Waals surface area contributed by atoms with Crippen LogP contribution in [-0.4, -0.2) is 175 Å². The van der Waals surface area contributed by atoms with Crippen LogP contribution >= 0.6 is 0 Å². The minimum absolute atomic E-state index is 0.0483. The molecule has 20 nitrogen and oxygen atoms in total. The van der Waals surface area contributed by atoms with E-state index in [9.17, 15) is 19.2 Å². The van der Waals surface area contributed by atoms with Crippen LogP contribution < -0.4 is 23.7 Å². The van der Waals surface area contributed by atoms with Crippen molar-refractivity contribution in [1.29, 1.82) is 0 Å². The number of fused-ring (bicyclic) bond motifs is 4. The number of benzene rings is 2. The third kappa shape index (κ3) is 14.5. The zero-order chi connectivity index (χ0) is 52.4. The Morgan fingerprint density at radius 2 is 1.14 bits per heavy atom. The molecule has 0 aliphatic carbocycles. The summed E-state index contributed by atoms with van der Waals surface area (Å²) in [5.41, 5.74) is 5.04. The molecule has 0 saturated carbocycles. The average molecular weight is 1030 g/mol. The molecule has 0 N–H and O–H groups in total. The van der Waals surface area contributed by atoms with Gasteiger partial charge in [0.2, 0.25) is 5.91 Å². The van der Waals surface area contributed by atoms with Gasteiger partial charge in [-0.15, -0.1) is 0 Å². The molecule has 1 aromatic heterocycles. The van der Waals surface area contributed by atoms with E-state index in [0.29, 0.717) is 128 Å². The SMILES string of the molecule is C/C=C1\C[C@H]2C=Nc3cc(OCc4cc(OCCN(CCCC(=O)OC)C(=O)CCOCCOCCOCCOC)cc(COc5cc6c(cc5OC)C(=O)N5C/C(=C/C)C[C@H]5C=N6)n4)c(OC)cc3C(=O)N2C1. The molecule has 20 heteroatoms. The Morgan fingerprint density at radius 3 is 1.62 bits per heavy atom. The van der Waals surface area contributed by atoms with Gasteiger partial charge in [0.05, 0.1) is 127 Å². The summed E-state index contributed by atoms with van der Waals surface area (Å²) in [5.74, 6) is 1.01. The summed E-state index contributed by atoms with van der Waals surface area (Å²) in [5, 5.41) is 0. The molecule has 5 heterocycles. The number of esters is 1. The van der Waals surface area contributed by atoms with Gasteiger partial charge in [0.25, 0.3) is 11.8 Å². The molecule has 0 radical (unpaired) electrons. The monoisotopic (exact) mass is 1020 g/mol. The Kier molecular flexibility index (Phi) is 20.3. The van der Waals surface area contributed by atoms with Crippen LogP contribution in [0.25, 0.3) is 0 Å². The van der Waals surface area contributed by atoms with Gasteiger partial charge >= 0.3 is 5.97 Å². The van der Waals surface area contributed by atoms with Crippen molar-refractivity contribution < 1.29 is 66.5 Å². The highest BCUT2D eigenvalue weighted by molar-refractivity contribution is 6.05. The lowest BCUT2D eigenvalue weighted by atomic mass is 10.1. The number of allylic oxidation sites excluding steroid dienone is 2. The summed E-state index contributed by atoms with van der Waals surface area (Å²) in [4.78, 5) is 72.6. The number of rotatable bonds is 28. The Hall–Kier alpha value is -6.87. The summed E-state index contributed by atoms with van der Waals surface area (Å²) >= 11 is 0. The second kappa shape index (κ2) is 27.4. The normalized spacial score (nSPS) is 17.6. The summed E-state index contributed by atoms with van der Waals surface area (Å²) in [6.45, 7) is 8.22. The number of pyridine rings is 1. The molecule has 7 rings (SSSR count). The number of carbonyl (C=O) groups is 4. The van der Waals surface area contributed by atoms with E-state index in [-0.39, 0.29) is 81.6 Å². The van der Waals surface area contributed by atoms with E-state index in [1.54, 1.807) is 60.8 Å². The lowest BCUT2D eigenvalue weighted by Crippen LogP contribution is -2.36. The van der Waals surface area contributed by atoms with Gasteiger partial charge in [-0.25, -0.2) is 0 Å². The maximum atomic E-state index is 13.8. The van der Waals surface area contributed by atoms with Crippen LogP contribution in [0.3, 0.4) is 0 Å². The number of carbonyl (C=O) groups excluding carboxylic acids is 4. The van der Waals surface area contributed by atoms with E-state index >= 15 is 0 Å². The Morgan fingerprint density at radius 1 is 0.622 bits per heavy atom. The van der Waals surface area contributed by atoms with E-state index in [0.717, 1.165) is 12.8 Å². The first kappa shape index (κ1) is 54.9. The van der Waals surface area contributed by atoms with Crippen molar-refractivity contribution in [1.82, 2.24) is 19.7 Å². The van der Waals surface area contributed by atoms with Gasteiger partial charge in [0.15, 0.2) is 23.0 Å². The Balaban J connectivity index is 1.06. The third-order valence-electron chi connectivity index (χ3n) is 12.9. The topological polar surface area (TPSA) is 208 Å². The number of methoxy groups -OCH3 is 4. The summed E-state index contributed by atoms with van der Waals surface area (Å²) in [7, 11) is 5.96. The average Bonchev–Trinajstić information content (AvgIpc) is 3.99. The molecule has 2 atom stereocenters. The highest BCUT2D eigenvalue weighted by Gasteiger charge is 2.36. The van der Waals surface area contributed by atoms with Crippen LogP contribution in [0.4, 0.5) is 11.4 Å².